The van der Waals surface area contributed by atoms with E-state index in [1.54, 1.807) is 6.92 Å². The summed E-state index contributed by atoms with van der Waals surface area (Å²) in [5, 5.41) is 0.0768. The molecule has 0 aliphatic rings. The van der Waals surface area contributed by atoms with Gasteiger partial charge in [-0.1, -0.05) is 11.6 Å². The molecule has 0 aliphatic carbocycles. The molecule has 2 aromatic rings. The van der Waals surface area contributed by atoms with Crippen molar-refractivity contribution in [1.29, 1.82) is 0 Å². The number of amides is 1. The second-order valence-electron chi connectivity index (χ2n) is 4.62. The van der Waals surface area contributed by atoms with Gasteiger partial charge in [0.25, 0.3) is 15.9 Å². The molecule has 0 bridgehead atoms. The number of carbonyl (C=O) groups excluding carboxylic acids is 1. The molecule has 2 rings (SSSR count). The fraction of sp³-hybridized carbons (Fsp3) is 0.133. The van der Waals surface area contributed by atoms with Crippen LogP contribution in [0.25, 0.3) is 0 Å². The van der Waals surface area contributed by atoms with Gasteiger partial charge in [0, 0.05) is 5.69 Å². The normalized spacial score (nSPS) is 11.1. The smallest absolute Gasteiger partial charge is 0.276 e. The van der Waals surface area contributed by atoms with Gasteiger partial charge in [0.1, 0.15) is 5.82 Å². The molecular weight excluding hydrogens is 359 g/mol. The number of hydrogen-bond donors (Lipinski definition) is 2. The molecule has 0 spiro atoms. The summed E-state index contributed by atoms with van der Waals surface area (Å²) in [6.07, 6.45) is 0. The molecule has 9 heteroatoms. The number of hydroxylamine groups is 1. The number of sulfonamides is 1. The van der Waals surface area contributed by atoms with Crippen molar-refractivity contribution >= 4 is 33.2 Å². The van der Waals surface area contributed by atoms with E-state index in [0.717, 1.165) is 18.2 Å². The maximum atomic E-state index is 12.9. The Balaban J connectivity index is 2.30. The standard InChI is InChI=1S/C15H14ClFN2O4S/c1-2-23-18-15(20)13-9-12(7-8-14(13)16)24(21,22)19-11-5-3-10(17)4-6-11/h3-9,19H,2H2,1H3,(H,18,20). The third-order valence-corrected chi connectivity index (χ3v) is 4.61. The molecule has 128 valence electrons. The lowest BCUT2D eigenvalue weighted by atomic mass is 10.2. The highest BCUT2D eigenvalue weighted by atomic mass is 35.5. The van der Waals surface area contributed by atoms with Crippen LogP contribution in [0.1, 0.15) is 17.3 Å². The summed E-state index contributed by atoms with van der Waals surface area (Å²) in [6.45, 7) is 1.92. The van der Waals surface area contributed by atoms with Crippen LogP contribution in [0.5, 0.6) is 0 Å². The van der Waals surface area contributed by atoms with E-state index in [2.05, 4.69) is 10.2 Å². The highest BCUT2D eigenvalue weighted by molar-refractivity contribution is 7.92. The van der Waals surface area contributed by atoms with Gasteiger partial charge in [-0.25, -0.2) is 18.3 Å². The van der Waals surface area contributed by atoms with Crippen LogP contribution in [0, 0.1) is 5.82 Å². The van der Waals surface area contributed by atoms with E-state index >= 15 is 0 Å². The van der Waals surface area contributed by atoms with Crippen LogP contribution in [0.3, 0.4) is 0 Å². The number of halogens is 2. The number of nitrogens with one attached hydrogen (secondary N) is 2. The first-order valence-electron chi connectivity index (χ1n) is 6.83. The van der Waals surface area contributed by atoms with Gasteiger partial charge in [-0.15, -0.1) is 0 Å². The maximum Gasteiger partial charge on any atom is 0.276 e. The Kier molecular flexibility index (Phi) is 5.76. The van der Waals surface area contributed by atoms with Crippen molar-refractivity contribution in [2.45, 2.75) is 11.8 Å². The van der Waals surface area contributed by atoms with Crippen LogP contribution in [0.15, 0.2) is 47.4 Å². The summed E-state index contributed by atoms with van der Waals surface area (Å²) < 4.78 is 39.9. The number of hydrogen-bond acceptors (Lipinski definition) is 4. The van der Waals surface area contributed by atoms with Crippen molar-refractivity contribution in [3.63, 3.8) is 0 Å². The molecule has 0 atom stereocenters. The number of carbonyl (C=O) groups is 1. The van der Waals surface area contributed by atoms with Crippen molar-refractivity contribution in [3.8, 4) is 0 Å². The van der Waals surface area contributed by atoms with Gasteiger partial charge >= 0.3 is 0 Å². The minimum Gasteiger partial charge on any atom is -0.280 e. The van der Waals surface area contributed by atoms with Gasteiger partial charge in [0.2, 0.25) is 0 Å². The molecular formula is C15H14ClFN2O4S. The molecule has 2 aromatic carbocycles. The summed E-state index contributed by atoms with van der Waals surface area (Å²) in [6, 6.07) is 8.49. The topological polar surface area (TPSA) is 84.5 Å². The number of benzene rings is 2. The largest absolute Gasteiger partial charge is 0.280 e. The Morgan fingerprint density at radius 2 is 1.88 bits per heavy atom. The molecule has 0 radical (unpaired) electrons. The zero-order valence-corrected chi connectivity index (χ0v) is 14.1. The SMILES string of the molecule is CCONC(=O)c1cc(S(=O)(=O)Nc2ccc(F)cc2)ccc1Cl. The lowest BCUT2D eigenvalue weighted by Gasteiger charge is -2.11. The average Bonchev–Trinajstić information content (AvgIpc) is 2.54. The summed E-state index contributed by atoms with van der Waals surface area (Å²) in [5.41, 5.74) is 2.28. The van der Waals surface area contributed by atoms with Crippen molar-refractivity contribution in [3.05, 3.63) is 58.9 Å². The van der Waals surface area contributed by atoms with Crippen molar-refractivity contribution in [2.24, 2.45) is 0 Å². The fourth-order valence-corrected chi connectivity index (χ4v) is 3.06. The van der Waals surface area contributed by atoms with Crippen molar-refractivity contribution in [1.82, 2.24) is 5.48 Å². The second-order valence-corrected chi connectivity index (χ2v) is 6.71. The van der Waals surface area contributed by atoms with Gasteiger partial charge < -0.3 is 0 Å². The summed E-state index contributed by atoms with van der Waals surface area (Å²) in [4.78, 5) is 16.5. The van der Waals surface area contributed by atoms with Gasteiger partial charge in [0.05, 0.1) is 22.1 Å². The predicted octanol–water partition coefficient (Wildman–Crippen LogP) is 2.96. The Labute approximate surface area is 143 Å². The molecule has 6 nitrogen and oxygen atoms in total. The Morgan fingerprint density at radius 1 is 1.21 bits per heavy atom. The van der Waals surface area contributed by atoms with E-state index in [9.17, 15) is 17.6 Å². The van der Waals surface area contributed by atoms with E-state index < -0.39 is 21.7 Å². The van der Waals surface area contributed by atoms with Crippen molar-refractivity contribution < 1.29 is 22.4 Å². The van der Waals surface area contributed by atoms with E-state index in [1.165, 1.54) is 24.3 Å². The lowest BCUT2D eigenvalue weighted by molar-refractivity contribution is 0.0364. The van der Waals surface area contributed by atoms with Crippen molar-refractivity contribution in [2.75, 3.05) is 11.3 Å². The summed E-state index contributed by atoms with van der Waals surface area (Å²) in [5.74, 6) is -1.15. The second kappa shape index (κ2) is 7.61. The summed E-state index contributed by atoms with van der Waals surface area (Å²) in [7, 11) is -3.97. The van der Waals surface area contributed by atoms with E-state index in [4.69, 9.17) is 16.4 Å². The van der Waals surface area contributed by atoms with E-state index in [-0.39, 0.29) is 27.8 Å². The highest BCUT2D eigenvalue weighted by Gasteiger charge is 2.19. The van der Waals surface area contributed by atoms with E-state index in [1.807, 2.05) is 0 Å². The monoisotopic (exact) mass is 372 g/mol. The Bertz CT molecular complexity index is 841. The Hall–Kier alpha value is -2.16. The molecule has 0 unspecified atom stereocenters. The van der Waals surface area contributed by atoms with Gasteiger partial charge in [-0.3, -0.25) is 14.4 Å². The molecule has 0 aromatic heterocycles. The predicted molar refractivity (Wildman–Crippen MR) is 87.8 cm³/mol. The number of anilines is 1. The van der Waals surface area contributed by atoms with Crippen LogP contribution in [-0.4, -0.2) is 20.9 Å². The quantitative estimate of drug-likeness (QED) is 0.763. The third kappa shape index (κ3) is 4.44. The molecule has 0 aliphatic heterocycles. The van der Waals surface area contributed by atoms with Gasteiger partial charge in [0.15, 0.2) is 0 Å². The first-order chi connectivity index (χ1) is 11.3. The van der Waals surface area contributed by atoms with Crippen LogP contribution < -0.4 is 10.2 Å². The van der Waals surface area contributed by atoms with E-state index in [0.29, 0.717) is 0 Å². The van der Waals surface area contributed by atoms with Gasteiger partial charge in [-0.2, -0.15) is 0 Å². The van der Waals surface area contributed by atoms with Crippen LogP contribution in [0.4, 0.5) is 10.1 Å². The van der Waals surface area contributed by atoms with Crippen LogP contribution in [-0.2, 0) is 14.9 Å². The third-order valence-electron chi connectivity index (χ3n) is 2.90. The van der Waals surface area contributed by atoms with Gasteiger partial charge in [-0.05, 0) is 49.4 Å². The van der Waals surface area contributed by atoms with Crippen LogP contribution in [0.2, 0.25) is 5.02 Å². The molecule has 2 N–H and O–H groups in total. The summed E-state index contributed by atoms with van der Waals surface area (Å²) >= 11 is 5.92. The number of rotatable bonds is 6. The molecule has 1 amide bonds. The molecule has 0 fully saturated rings. The zero-order chi connectivity index (χ0) is 17.7. The first kappa shape index (κ1) is 18.2. The minimum absolute atomic E-state index is 0.0490. The molecule has 0 heterocycles. The molecule has 24 heavy (non-hydrogen) atoms. The lowest BCUT2D eigenvalue weighted by Crippen LogP contribution is -2.24. The zero-order valence-electron chi connectivity index (χ0n) is 12.5. The average molecular weight is 373 g/mol. The Morgan fingerprint density at radius 3 is 2.50 bits per heavy atom. The maximum absolute atomic E-state index is 12.9. The van der Waals surface area contributed by atoms with Crippen LogP contribution >= 0.6 is 11.6 Å². The molecule has 0 saturated heterocycles. The minimum atomic E-state index is -3.97. The highest BCUT2D eigenvalue weighted by Crippen LogP contribution is 2.22. The fourth-order valence-electron chi connectivity index (χ4n) is 1.77. The first-order valence-corrected chi connectivity index (χ1v) is 8.69. The molecule has 0 saturated carbocycles.